The van der Waals surface area contributed by atoms with Crippen LogP contribution < -0.4 is 5.32 Å². The van der Waals surface area contributed by atoms with Gasteiger partial charge in [-0.05, 0) is 43.6 Å². The van der Waals surface area contributed by atoms with E-state index in [9.17, 15) is 0 Å². The van der Waals surface area contributed by atoms with Crippen LogP contribution in [-0.4, -0.2) is 51.3 Å². The minimum Gasteiger partial charge on any atom is -0.381 e. The Morgan fingerprint density at radius 2 is 1.96 bits per heavy atom. The predicted octanol–water partition coefficient (Wildman–Crippen LogP) is 3.42. The summed E-state index contributed by atoms with van der Waals surface area (Å²) in [5.41, 5.74) is 2.68. The van der Waals surface area contributed by atoms with Crippen molar-refractivity contribution in [2.45, 2.75) is 39.0 Å². The molecule has 0 saturated carbocycles. The van der Waals surface area contributed by atoms with E-state index in [1.807, 2.05) is 7.05 Å². The average Bonchev–Trinajstić information content (AvgIpc) is 2.61. The van der Waals surface area contributed by atoms with Gasteiger partial charge in [-0.25, -0.2) is 0 Å². The van der Waals surface area contributed by atoms with Crippen LogP contribution in [0.2, 0.25) is 0 Å². The Balaban J connectivity index is 1.77. The first-order valence-corrected chi connectivity index (χ1v) is 9.16. The first-order chi connectivity index (χ1) is 11.6. The highest BCUT2D eigenvalue weighted by Gasteiger charge is 2.15. The van der Waals surface area contributed by atoms with E-state index in [0.717, 1.165) is 38.2 Å². The van der Waals surface area contributed by atoms with Gasteiger partial charge in [-0.1, -0.05) is 36.8 Å². The smallest absolute Gasteiger partial charge is 0.193 e. The summed E-state index contributed by atoms with van der Waals surface area (Å²) < 4.78 is 5.44. The van der Waals surface area contributed by atoms with Crippen molar-refractivity contribution in [2.75, 3.05) is 40.4 Å². The average molecular weight is 332 g/mol. The van der Waals surface area contributed by atoms with E-state index in [1.165, 1.54) is 30.4 Å². The van der Waals surface area contributed by atoms with Crippen molar-refractivity contribution in [3.05, 3.63) is 35.4 Å². The standard InChI is InChI=1S/C20H33N3O/c1-16-5-7-19(8-6-16)17(2)15-22-20(21-3)23(4)12-9-18-10-13-24-14-11-18/h5-8,17-18H,9-15H2,1-4H3,(H,21,22). The van der Waals surface area contributed by atoms with Crippen LogP contribution in [-0.2, 0) is 4.74 Å². The lowest BCUT2D eigenvalue weighted by molar-refractivity contribution is 0.0625. The highest BCUT2D eigenvalue weighted by molar-refractivity contribution is 5.79. The predicted molar refractivity (Wildman–Crippen MR) is 102 cm³/mol. The number of hydrogen-bond donors (Lipinski definition) is 1. The maximum absolute atomic E-state index is 5.44. The van der Waals surface area contributed by atoms with E-state index in [0.29, 0.717) is 5.92 Å². The molecule has 134 valence electrons. The van der Waals surface area contributed by atoms with Gasteiger partial charge < -0.3 is 15.0 Å². The Kier molecular flexibility index (Phi) is 7.57. The molecule has 0 aromatic heterocycles. The molecule has 1 aliphatic rings. The SMILES string of the molecule is CN=C(NCC(C)c1ccc(C)cc1)N(C)CCC1CCOCC1. The summed E-state index contributed by atoms with van der Waals surface area (Å²) in [6, 6.07) is 8.81. The molecular weight excluding hydrogens is 298 g/mol. The lowest BCUT2D eigenvalue weighted by atomic mass is 9.96. The molecule has 2 rings (SSSR count). The zero-order chi connectivity index (χ0) is 17.4. The summed E-state index contributed by atoms with van der Waals surface area (Å²) in [5.74, 6) is 2.25. The van der Waals surface area contributed by atoms with Gasteiger partial charge in [0.05, 0.1) is 0 Å². The van der Waals surface area contributed by atoms with Crippen molar-refractivity contribution in [3.8, 4) is 0 Å². The van der Waals surface area contributed by atoms with Crippen LogP contribution in [0.1, 0.15) is 43.2 Å². The van der Waals surface area contributed by atoms with Crippen molar-refractivity contribution in [1.82, 2.24) is 10.2 Å². The molecule has 0 amide bonds. The quantitative estimate of drug-likeness (QED) is 0.641. The van der Waals surface area contributed by atoms with E-state index >= 15 is 0 Å². The summed E-state index contributed by atoms with van der Waals surface area (Å²) in [6.07, 6.45) is 3.61. The fourth-order valence-electron chi connectivity index (χ4n) is 3.16. The molecule has 0 bridgehead atoms. The monoisotopic (exact) mass is 331 g/mol. The molecular formula is C20H33N3O. The maximum atomic E-state index is 5.44. The zero-order valence-electron chi connectivity index (χ0n) is 15.7. The Bertz CT molecular complexity index is 506. The van der Waals surface area contributed by atoms with E-state index in [1.54, 1.807) is 0 Å². The molecule has 1 aromatic rings. The second-order valence-electron chi connectivity index (χ2n) is 7.01. The Labute approximate surface area is 147 Å². The molecule has 1 N–H and O–H groups in total. The molecule has 1 aliphatic heterocycles. The summed E-state index contributed by atoms with van der Waals surface area (Å²) in [6.45, 7) is 8.18. The molecule has 0 spiro atoms. The first kappa shape index (κ1) is 18.8. The molecule has 24 heavy (non-hydrogen) atoms. The molecule has 1 saturated heterocycles. The number of aryl methyl sites for hydroxylation is 1. The van der Waals surface area contributed by atoms with E-state index in [2.05, 4.69) is 60.4 Å². The maximum Gasteiger partial charge on any atom is 0.193 e. The van der Waals surface area contributed by atoms with Gasteiger partial charge in [0, 0.05) is 40.4 Å². The van der Waals surface area contributed by atoms with Crippen molar-refractivity contribution >= 4 is 5.96 Å². The van der Waals surface area contributed by atoms with Crippen LogP contribution in [0.15, 0.2) is 29.3 Å². The lowest BCUT2D eigenvalue weighted by Crippen LogP contribution is -2.41. The fourth-order valence-corrected chi connectivity index (χ4v) is 3.16. The molecule has 1 aromatic carbocycles. The first-order valence-electron chi connectivity index (χ1n) is 9.16. The number of aliphatic imine (C=N–C) groups is 1. The second-order valence-corrected chi connectivity index (χ2v) is 7.01. The number of rotatable bonds is 6. The highest BCUT2D eigenvalue weighted by Crippen LogP contribution is 2.18. The van der Waals surface area contributed by atoms with Crippen molar-refractivity contribution in [2.24, 2.45) is 10.9 Å². The fraction of sp³-hybridized carbons (Fsp3) is 0.650. The van der Waals surface area contributed by atoms with Crippen molar-refractivity contribution < 1.29 is 4.74 Å². The molecule has 0 aliphatic carbocycles. The third kappa shape index (κ3) is 5.82. The molecule has 0 radical (unpaired) electrons. The topological polar surface area (TPSA) is 36.9 Å². The van der Waals surface area contributed by atoms with E-state index < -0.39 is 0 Å². The van der Waals surface area contributed by atoms with Crippen LogP contribution in [0.5, 0.6) is 0 Å². The summed E-state index contributed by atoms with van der Waals surface area (Å²) in [5, 5.41) is 3.52. The van der Waals surface area contributed by atoms with Gasteiger partial charge in [-0.2, -0.15) is 0 Å². The van der Waals surface area contributed by atoms with Gasteiger partial charge in [-0.3, -0.25) is 4.99 Å². The minimum atomic E-state index is 0.464. The molecule has 1 unspecified atom stereocenters. The van der Waals surface area contributed by atoms with Gasteiger partial charge in [-0.15, -0.1) is 0 Å². The van der Waals surface area contributed by atoms with Gasteiger partial charge in [0.2, 0.25) is 0 Å². The van der Waals surface area contributed by atoms with Crippen molar-refractivity contribution in [3.63, 3.8) is 0 Å². The number of benzene rings is 1. The van der Waals surface area contributed by atoms with Crippen LogP contribution >= 0.6 is 0 Å². The van der Waals surface area contributed by atoms with Crippen LogP contribution in [0.4, 0.5) is 0 Å². The number of hydrogen-bond acceptors (Lipinski definition) is 2. The number of nitrogens with zero attached hydrogens (tertiary/aromatic N) is 2. The molecule has 4 nitrogen and oxygen atoms in total. The second kappa shape index (κ2) is 9.67. The van der Waals surface area contributed by atoms with Crippen molar-refractivity contribution in [1.29, 1.82) is 0 Å². The molecule has 1 atom stereocenters. The van der Waals surface area contributed by atoms with Gasteiger partial charge in [0.25, 0.3) is 0 Å². The number of guanidine groups is 1. The molecule has 4 heteroatoms. The minimum absolute atomic E-state index is 0.464. The van der Waals surface area contributed by atoms with Crippen LogP contribution in [0, 0.1) is 12.8 Å². The third-order valence-electron chi connectivity index (χ3n) is 5.00. The number of ether oxygens (including phenoxy) is 1. The van der Waals surface area contributed by atoms with Gasteiger partial charge in [0.1, 0.15) is 0 Å². The number of nitrogens with one attached hydrogen (secondary N) is 1. The van der Waals surface area contributed by atoms with Gasteiger partial charge >= 0.3 is 0 Å². The lowest BCUT2D eigenvalue weighted by Gasteiger charge is -2.27. The zero-order valence-corrected chi connectivity index (χ0v) is 15.7. The van der Waals surface area contributed by atoms with Gasteiger partial charge in [0.15, 0.2) is 5.96 Å². The third-order valence-corrected chi connectivity index (χ3v) is 5.00. The Morgan fingerprint density at radius 3 is 2.58 bits per heavy atom. The van der Waals surface area contributed by atoms with Crippen LogP contribution in [0.25, 0.3) is 0 Å². The largest absolute Gasteiger partial charge is 0.381 e. The summed E-state index contributed by atoms with van der Waals surface area (Å²) in [4.78, 5) is 6.69. The highest BCUT2D eigenvalue weighted by atomic mass is 16.5. The molecule has 1 fully saturated rings. The van der Waals surface area contributed by atoms with E-state index in [-0.39, 0.29) is 0 Å². The Hall–Kier alpha value is -1.55. The summed E-state index contributed by atoms with van der Waals surface area (Å²) in [7, 11) is 4.00. The van der Waals surface area contributed by atoms with Crippen LogP contribution in [0.3, 0.4) is 0 Å². The Morgan fingerprint density at radius 1 is 1.29 bits per heavy atom. The normalized spacial score (nSPS) is 17.6. The molecule has 1 heterocycles. The summed E-state index contributed by atoms with van der Waals surface area (Å²) >= 11 is 0. The van der Waals surface area contributed by atoms with E-state index in [4.69, 9.17) is 4.74 Å².